The molecule has 1 N–H and O–H groups in total. The highest BCUT2D eigenvalue weighted by molar-refractivity contribution is 5.79. The summed E-state index contributed by atoms with van der Waals surface area (Å²) in [4.78, 5) is 9.52. The van der Waals surface area contributed by atoms with E-state index in [0.717, 1.165) is 71.3 Å². The van der Waals surface area contributed by atoms with E-state index in [1.54, 1.807) is 0 Å². The van der Waals surface area contributed by atoms with Crippen molar-refractivity contribution in [3.63, 3.8) is 0 Å². The van der Waals surface area contributed by atoms with Crippen molar-refractivity contribution >= 4 is 5.96 Å². The molecule has 5 nitrogen and oxygen atoms in total. The number of guanidine groups is 1. The second-order valence-corrected chi connectivity index (χ2v) is 6.92. The predicted octanol–water partition coefficient (Wildman–Crippen LogP) is 2.76. The summed E-state index contributed by atoms with van der Waals surface area (Å²) in [7, 11) is 2.11. The molecule has 0 unspecified atom stereocenters. The minimum Gasteiger partial charge on any atom is -0.379 e. The number of ether oxygens (including phenoxy) is 1. The van der Waals surface area contributed by atoms with Crippen molar-refractivity contribution in [3.8, 4) is 0 Å². The summed E-state index contributed by atoms with van der Waals surface area (Å²) in [6.45, 7) is 12.0. The Balaban J connectivity index is 1.76. The molecule has 1 aliphatic heterocycles. The van der Waals surface area contributed by atoms with Gasteiger partial charge in [-0.15, -0.1) is 0 Å². The molecule has 26 heavy (non-hydrogen) atoms. The Kier molecular flexibility index (Phi) is 9.50. The van der Waals surface area contributed by atoms with Crippen LogP contribution in [0, 0.1) is 0 Å². The highest BCUT2D eigenvalue weighted by atomic mass is 16.5. The molecule has 0 aromatic heterocycles. The topological polar surface area (TPSA) is 40.1 Å². The van der Waals surface area contributed by atoms with E-state index in [1.807, 2.05) is 0 Å². The van der Waals surface area contributed by atoms with Gasteiger partial charge >= 0.3 is 0 Å². The Hall–Kier alpha value is -1.59. The molecule has 0 aliphatic carbocycles. The van der Waals surface area contributed by atoms with Crippen LogP contribution in [0.1, 0.15) is 37.8 Å². The lowest BCUT2D eigenvalue weighted by atomic mass is 10.1. The number of rotatable bonds is 9. The van der Waals surface area contributed by atoms with Gasteiger partial charge in [-0.25, -0.2) is 0 Å². The first kappa shape index (κ1) is 20.7. The Morgan fingerprint density at radius 1 is 1.12 bits per heavy atom. The van der Waals surface area contributed by atoms with E-state index in [4.69, 9.17) is 9.73 Å². The first-order valence-electron chi connectivity index (χ1n) is 10.1. The Labute approximate surface area is 159 Å². The van der Waals surface area contributed by atoms with E-state index in [-0.39, 0.29) is 0 Å². The maximum atomic E-state index is 5.40. The third kappa shape index (κ3) is 7.34. The van der Waals surface area contributed by atoms with Crippen molar-refractivity contribution in [2.24, 2.45) is 4.99 Å². The van der Waals surface area contributed by atoms with E-state index >= 15 is 0 Å². The summed E-state index contributed by atoms with van der Waals surface area (Å²) >= 11 is 0. The minimum atomic E-state index is 0.879. The predicted molar refractivity (Wildman–Crippen MR) is 110 cm³/mol. The van der Waals surface area contributed by atoms with Crippen molar-refractivity contribution in [1.82, 2.24) is 15.1 Å². The second kappa shape index (κ2) is 11.9. The van der Waals surface area contributed by atoms with Gasteiger partial charge in [0.25, 0.3) is 0 Å². The molecule has 0 saturated carbocycles. The van der Waals surface area contributed by atoms with Gasteiger partial charge in [-0.1, -0.05) is 31.2 Å². The molecule has 0 amide bonds. The van der Waals surface area contributed by atoms with Gasteiger partial charge in [-0.3, -0.25) is 9.89 Å². The van der Waals surface area contributed by atoms with Gasteiger partial charge in [0.15, 0.2) is 5.96 Å². The standard InChI is InChI=1S/C21H36N4O/c1-4-19-8-10-20(11-9-19)18-24(3)21(22-5-2)23-12-6-7-13-25-14-16-26-17-15-25/h8-11H,4-7,12-18H2,1-3H3,(H,22,23). The minimum absolute atomic E-state index is 0.879. The molecular formula is C21H36N4O. The van der Waals surface area contributed by atoms with Crippen LogP contribution in [0.3, 0.4) is 0 Å². The van der Waals surface area contributed by atoms with E-state index in [2.05, 4.69) is 60.3 Å². The molecule has 0 radical (unpaired) electrons. The van der Waals surface area contributed by atoms with E-state index in [0.29, 0.717) is 0 Å². The number of morpholine rings is 1. The molecule has 1 aliphatic rings. The molecule has 0 atom stereocenters. The molecule has 1 heterocycles. The van der Waals surface area contributed by atoms with Crippen LogP contribution in [0.2, 0.25) is 0 Å². The lowest BCUT2D eigenvalue weighted by Crippen LogP contribution is -2.38. The van der Waals surface area contributed by atoms with Gasteiger partial charge in [0.05, 0.1) is 13.2 Å². The van der Waals surface area contributed by atoms with Crippen LogP contribution in [0.5, 0.6) is 0 Å². The van der Waals surface area contributed by atoms with Gasteiger partial charge < -0.3 is 15.0 Å². The monoisotopic (exact) mass is 360 g/mol. The average Bonchev–Trinajstić information content (AvgIpc) is 2.68. The number of hydrogen-bond donors (Lipinski definition) is 1. The maximum Gasteiger partial charge on any atom is 0.193 e. The van der Waals surface area contributed by atoms with Crippen molar-refractivity contribution in [2.45, 2.75) is 39.7 Å². The number of aryl methyl sites for hydroxylation is 1. The van der Waals surface area contributed by atoms with Crippen LogP contribution < -0.4 is 5.32 Å². The number of nitrogens with zero attached hydrogens (tertiary/aromatic N) is 3. The van der Waals surface area contributed by atoms with Crippen molar-refractivity contribution in [3.05, 3.63) is 35.4 Å². The summed E-state index contributed by atoms with van der Waals surface area (Å²) in [6, 6.07) is 8.89. The Bertz CT molecular complexity index is 523. The molecule has 5 heteroatoms. The van der Waals surface area contributed by atoms with Gasteiger partial charge in [0.2, 0.25) is 0 Å². The van der Waals surface area contributed by atoms with Crippen LogP contribution in [-0.4, -0.2) is 68.7 Å². The molecule has 146 valence electrons. The molecule has 1 fully saturated rings. The van der Waals surface area contributed by atoms with Crippen LogP contribution in [0.25, 0.3) is 0 Å². The third-order valence-corrected chi connectivity index (χ3v) is 4.80. The van der Waals surface area contributed by atoms with Crippen LogP contribution in [0.4, 0.5) is 0 Å². The van der Waals surface area contributed by atoms with E-state index in [1.165, 1.54) is 17.5 Å². The average molecular weight is 361 g/mol. The van der Waals surface area contributed by atoms with Gasteiger partial charge in [-0.2, -0.15) is 0 Å². The fourth-order valence-electron chi connectivity index (χ4n) is 3.16. The number of aliphatic imine (C=N–C) groups is 1. The molecular weight excluding hydrogens is 324 g/mol. The summed E-state index contributed by atoms with van der Waals surface area (Å²) in [5, 5.41) is 3.41. The zero-order chi connectivity index (χ0) is 18.6. The first-order valence-corrected chi connectivity index (χ1v) is 10.1. The van der Waals surface area contributed by atoms with Gasteiger partial charge in [0.1, 0.15) is 0 Å². The number of nitrogens with one attached hydrogen (secondary N) is 1. The number of unbranched alkanes of at least 4 members (excludes halogenated alkanes) is 1. The maximum absolute atomic E-state index is 5.40. The Morgan fingerprint density at radius 3 is 2.46 bits per heavy atom. The zero-order valence-corrected chi connectivity index (χ0v) is 16.8. The SMILES string of the molecule is CCNC(=NCCCCN1CCOCC1)N(C)Cc1ccc(CC)cc1. The van der Waals surface area contributed by atoms with Crippen molar-refractivity contribution < 1.29 is 4.74 Å². The third-order valence-electron chi connectivity index (χ3n) is 4.80. The molecule has 1 saturated heterocycles. The Morgan fingerprint density at radius 2 is 1.81 bits per heavy atom. The molecule has 1 aromatic carbocycles. The largest absolute Gasteiger partial charge is 0.379 e. The summed E-state index contributed by atoms with van der Waals surface area (Å²) in [5.41, 5.74) is 2.71. The molecule has 2 rings (SSSR count). The van der Waals surface area contributed by atoms with Gasteiger partial charge in [-0.05, 0) is 43.9 Å². The zero-order valence-electron chi connectivity index (χ0n) is 16.8. The van der Waals surface area contributed by atoms with E-state index < -0.39 is 0 Å². The van der Waals surface area contributed by atoms with Crippen molar-refractivity contribution in [2.75, 3.05) is 53.0 Å². The molecule has 0 spiro atoms. The van der Waals surface area contributed by atoms with Crippen molar-refractivity contribution in [1.29, 1.82) is 0 Å². The lowest BCUT2D eigenvalue weighted by molar-refractivity contribution is 0.0373. The highest BCUT2D eigenvalue weighted by Gasteiger charge is 2.09. The molecule has 1 aromatic rings. The number of benzene rings is 1. The fraction of sp³-hybridized carbons (Fsp3) is 0.667. The normalized spacial score (nSPS) is 15.9. The lowest BCUT2D eigenvalue weighted by Gasteiger charge is -2.26. The summed E-state index contributed by atoms with van der Waals surface area (Å²) in [5.74, 6) is 0.999. The smallest absolute Gasteiger partial charge is 0.193 e. The van der Waals surface area contributed by atoms with Gasteiger partial charge in [0, 0.05) is 39.8 Å². The molecule has 0 bridgehead atoms. The fourth-order valence-corrected chi connectivity index (χ4v) is 3.16. The summed E-state index contributed by atoms with van der Waals surface area (Å²) in [6.07, 6.45) is 3.42. The second-order valence-electron chi connectivity index (χ2n) is 6.92. The first-order chi connectivity index (χ1) is 12.7. The van der Waals surface area contributed by atoms with Crippen LogP contribution in [0.15, 0.2) is 29.3 Å². The highest BCUT2D eigenvalue weighted by Crippen LogP contribution is 2.08. The van der Waals surface area contributed by atoms with Crippen LogP contribution >= 0.6 is 0 Å². The quantitative estimate of drug-likeness (QED) is 0.418. The van der Waals surface area contributed by atoms with E-state index in [9.17, 15) is 0 Å². The number of hydrogen-bond acceptors (Lipinski definition) is 3. The van der Waals surface area contributed by atoms with Crippen LogP contribution in [-0.2, 0) is 17.7 Å². The summed E-state index contributed by atoms with van der Waals surface area (Å²) < 4.78 is 5.40.